The minimum atomic E-state index is 0.0312. The molecule has 0 bridgehead atoms. The van der Waals surface area contributed by atoms with Gasteiger partial charge in [0, 0.05) is 6.42 Å². The predicted octanol–water partition coefficient (Wildman–Crippen LogP) is 3.82. The Morgan fingerprint density at radius 2 is 1.81 bits per heavy atom. The molecule has 2 aliphatic heterocycles. The average molecular weight is 298 g/mol. The molecule has 0 aromatic heterocycles. The number of nitrogens with zero attached hydrogens (tertiary/aromatic N) is 1. The van der Waals surface area contributed by atoms with Crippen molar-refractivity contribution < 1.29 is 14.0 Å². The summed E-state index contributed by atoms with van der Waals surface area (Å²) in [5.74, 6) is 0.661. The van der Waals surface area contributed by atoms with Gasteiger partial charge in [-0.3, -0.25) is 0 Å². The normalized spacial score (nSPS) is 31.3. The molecule has 0 saturated carbocycles. The Morgan fingerprint density at radius 1 is 1.14 bits per heavy atom. The standard InChI is InChI=1S/C18H36NO2/c1-15(12-18(2,3)4)11-17-20-14-16(21-17)13-19(5)9-7-6-8-10-19/h15-17H,6-14H2,1-5H3/q+1/t15-,16+,17-/m0/s1. The largest absolute Gasteiger partial charge is 0.350 e. The van der Waals surface area contributed by atoms with Crippen molar-refractivity contribution in [2.75, 3.05) is 33.3 Å². The lowest BCUT2D eigenvalue weighted by Crippen LogP contribution is -2.52. The molecule has 0 N–H and O–H groups in total. The third-order valence-electron chi connectivity index (χ3n) is 4.91. The number of likely N-dealkylation sites (tertiary alicyclic amines) is 1. The van der Waals surface area contributed by atoms with Crippen LogP contribution in [0.1, 0.15) is 59.8 Å². The van der Waals surface area contributed by atoms with Crippen LogP contribution in [0.25, 0.3) is 0 Å². The maximum atomic E-state index is 6.18. The summed E-state index contributed by atoms with van der Waals surface area (Å²) in [6, 6.07) is 0. The molecule has 2 rings (SSSR count). The molecular weight excluding hydrogens is 262 g/mol. The highest BCUT2D eigenvalue weighted by Gasteiger charge is 2.35. The van der Waals surface area contributed by atoms with Gasteiger partial charge in [-0.2, -0.15) is 0 Å². The fourth-order valence-corrected chi connectivity index (χ4v) is 4.13. The van der Waals surface area contributed by atoms with Crippen molar-refractivity contribution in [1.29, 1.82) is 0 Å². The Bertz CT molecular complexity index is 318. The molecule has 0 aromatic rings. The lowest BCUT2D eigenvalue weighted by Gasteiger charge is -2.39. The Kier molecular flexibility index (Phi) is 5.72. The van der Waals surface area contributed by atoms with Crippen molar-refractivity contribution in [3.05, 3.63) is 0 Å². The molecule has 2 aliphatic rings. The van der Waals surface area contributed by atoms with Crippen LogP contribution in [0.3, 0.4) is 0 Å². The zero-order valence-electron chi connectivity index (χ0n) is 14.9. The third-order valence-corrected chi connectivity index (χ3v) is 4.91. The van der Waals surface area contributed by atoms with E-state index in [0.717, 1.165) is 19.6 Å². The smallest absolute Gasteiger partial charge is 0.158 e. The Morgan fingerprint density at radius 3 is 2.43 bits per heavy atom. The highest BCUT2D eigenvalue weighted by molar-refractivity contribution is 4.72. The molecule has 3 atom stereocenters. The Hall–Kier alpha value is -0.120. The van der Waals surface area contributed by atoms with Crippen molar-refractivity contribution in [3.8, 4) is 0 Å². The molecule has 2 heterocycles. The first-order valence-electron chi connectivity index (χ1n) is 8.86. The molecule has 0 radical (unpaired) electrons. The summed E-state index contributed by atoms with van der Waals surface area (Å²) in [5, 5.41) is 0. The van der Waals surface area contributed by atoms with Gasteiger partial charge in [-0.15, -0.1) is 0 Å². The molecule has 124 valence electrons. The summed E-state index contributed by atoms with van der Waals surface area (Å²) in [6.45, 7) is 13.8. The molecule has 0 amide bonds. The zero-order chi connectivity index (χ0) is 15.5. The van der Waals surface area contributed by atoms with Crippen LogP contribution in [0.4, 0.5) is 0 Å². The molecule has 0 aromatic carbocycles. The maximum Gasteiger partial charge on any atom is 0.158 e. The quantitative estimate of drug-likeness (QED) is 0.718. The predicted molar refractivity (Wildman–Crippen MR) is 87.1 cm³/mol. The van der Waals surface area contributed by atoms with E-state index in [9.17, 15) is 0 Å². The molecule has 0 unspecified atom stereocenters. The second kappa shape index (κ2) is 6.97. The summed E-state index contributed by atoms with van der Waals surface area (Å²) in [6.07, 6.45) is 6.75. The van der Waals surface area contributed by atoms with E-state index in [1.165, 1.54) is 43.3 Å². The van der Waals surface area contributed by atoms with E-state index in [-0.39, 0.29) is 6.29 Å². The maximum absolute atomic E-state index is 6.18. The molecule has 3 heteroatoms. The molecule has 2 saturated heterocycles. The zero-order valence-corrected chi connectivity index (χ0v) is 14.9. The number of ether oxygens (including phenoxy) is 2. The van der Waals surface area contributed by atoms with Gasteiger partial charge in [0.2, 0.25) is 0 Å². The Balaban J connectivity index is 1.73. The van der Waals surface area contributed by atoms with E-state index in [0.29, 0.717) is 17.4 Å². The lowest BCUT2D eigenvalue weighted by molar-refractivity contribution is -0.916. The van der Waals surface area contributed by atoms with Crippen LogP contribution in [0, 0.1) is 11.3 Å². The van der Waals surface area contributed by atoms with Crippen LogP contribution in [-0.4, -0.2) is 50.2 Å². The average Bonchev–Trinajstić information content (AvgIpc) is 2.73. The number of likely N-dealkylation sites (N-methyl/N-ethyl adjacent to an activating group) is 1. The van der Waals surface area contributed by atoms with E-state index >= 15 is 0 Å². The summed E-state index contributed by atoms with van der Waals surface area (Å²) in [7, 11) is 2.39. The molecule has 21 heavy (non-hydrogen) atoms. The number of rotatable bonds is 5. The van der Waals surface area contributed by atoms with Crippen molar-refractivity contribution in [1.82, 2.24) is 0 Å². The van der Waals surface area contributed by atoms with Crippen LogP contribution in [-0.2, 0) is 9.47 Å². The van der Waals surface area contributed by atoms with Gasteiger partial charge in [-0.05, 0) is 37.0 Å². The van der Waals surface area contributed by atoms with Crippen LogP contribution in [0.15, 0.2) is 0 Å². The molecule has 2 fully saturated rings. The monoisotopic (exact) mass is 298 g/mol. The SMILES string of the molecule is C[C@@H](C[C@H]1OC[C@@H](C[N+]2(C)CCCCC2)O1)CC(C)(C)C. The number of hydrogen-bond donors (Lipinski definition) is 0. The van der Waals surface area contributed by atoms with Gasteiger partial charge in [0.25, 0.3) is 0 Å². The number of piperidine rings is 1. The second-order valence-electron chi connectivity index (χ2n) is 8.94. The van der Waals surface area contributed by atoms with Crippen molar-refractivity contribution >= 4 is 0 Å². The van der Waals surface area contributed by atoms with Crippen LogP contribution < -0.4 is 0 Å². The van der Waals surface area contributed by atoms with Gasteiger partial charge in [-0.1, -0.05) is 27.7 Å². The minimum absolute atomic E-state index is 0.0312. The third kappa shape index (κ3) is 5.88. The van der Waals surface area contributed by atoms with E-state index in [1.54, 1.807) is 0 Å². The van der Waals surface area contributed by atoms with Crippen molar-refractivity contribution in [2.45, 2.75) is 72.2 Å². The summed E-state index contributed by atoms with van der Waals surface area (Å²) in [5.41, 5.74) is 0.393. The van der Waals surface area contributed by atoms with E-state index in [4.69, 9.17) is 9.47 Å². The van der Waals surface area contributed by atoms with E-state index in [2.05, 4.69) is 34.7 Å². The van der Waals surface area contributed by atoms with Crippen molar-refractivity contribution in [2.24, 2.45) is 11.3 Å². The molecular formula is C18H36NO2+. The van der Waals surface area contributed by atoms with Gasteiger partial charge in [-0.25, -0.2) is 0 Å². The second-order valence-corrected chi connectivity index (χ2v) is 8.94. The van der Waals surface area contributed by atoms with Crippen LogP contribution in [0.5, 0.6) is 0 Å². The first kappa shape index (κ1) is 17.2. The van der Waals surface area contributed by atoms with Crippen molar-refractivity contribution in [3.63, 3.8) is 0 Å². The first-order chi connectivity index (χ1) is 9.76. The van der Waals surface area contributed by atoms with Gasteiger partial charge in [0.1, 0.15) is 12.6 Å². The topological polar surface area (TPSA) is 18.5 Å². The van der Waals surface area contributed by atoms with Crippen LogP contribution >= 0.6 is 0 Å². The lowest BCUT2D eigenvalue weighted by atomic mass is 9.84. The summed E-state index contributed by atoms with van der Waals surface area (Å²) in [4.78, 5) is 0. The molecule has 3 nitrogen and oxygen atoms in total. The minimum Gasteiger partial charge on any atom is -0.350 e. The fourth-order valence-electron chi connectivity index (χ4n) is 4.13. The van der Waals surface area contributed by atoms with Gasteiger partial charge in [0.15, 0.2) is 6.29 Å². The van der Waals surface area contributed by atoms with Gasteiger partial charge < -0.3 is 14.0 Å². The highest BCUT2D eigenvalue weighted by atomic mass is 16.7. The summed E-state index contributed by atoms with van der Waals surface area (Å²) < 4.78 is 13.3. The number of hydrogen-bond acceptors (Lipinski definition) is 2. The summed E-state index contributed by atoms with van der Waals surface area (Å²) >= 11 is 0. The molecule has 0 spiro atoms. The number of quaternary nitrogens is 1. The highest BCUT2D eigenvalue weighted by Crippen LogP contribution is 2.29. The van der Waals surface area contributed by atoms with Gasteiger partial charge in [0.05, 0.1) is 26.7 Å². The first-order valence-corrected chi connectivity index (χ1v) is 8.86. The van der Waals surface area contributed by atoms with Crippen LogP contribution in [0.2, 0.25) is 0 Å². The fraction of sp³-hybridized carbons (Fsp3) is 1.00. The van der Waals surface area contributed by atoms with E-state index in [1.807, 2.05) is 0 Å². The van der Waals surface area contributed by atoms with E-state index < -0.39 is 0 Å². The van der Waals surface area contributed by atoms with Gasteiger partial charge >= 0.3 is 0 Å². The Labute approximate surface area is 131 Å². The molecule has 0 aliphatic carbocycles.